The van der Waals surface area contributed by atoms with Gasteiger partial charge in [-0.3, -0.25) is 4.79 Å². The first-order valence-electron chi connectivity index (χ1n) is 6.62. The van der Waals surface area contributed by atoms with Crippen LogP contribution in [0.15, 0.2) is 29.6 Å². The highest BCUT2D eigenvalue weighted by molar-refractivity contribution is 7.10. The molecule has 0 aliphatic heterocycles. The van der Waals surface area contributed by atoms with Crippen LogP contribution in [-0.4, -0.2) is 17.6 Å². The summed E-state index contributed by atoms with van der Waals surface area (Å²) in [5.41, 5.74) is 3.62. The molecule has 0 aliphatic rings. The second-order valence-electron chi connectivity index (χ2n) is 4.76. The molecule has 1 aromatic heterocycles. The minimum Gasteiger partial charge on any atom is -0.384 e. The molecule has 0 atom stereocenters. The molecule has 0 aliphatic carbocycles. The predicted octanol–water partition coefficient (Wildman–Crippen LogP) is 2.64. The maximum absolute atomic E-state index is 12.2. The highest BCUT2D eigenvalue weighted by Crippen LogP contribution is 2.15. The number of rotatable bonds is 3. The molecule has 0 radical (unpaired) electrons. The molecule has 0 unspecified atom stereocenters. The molecule has 0 saturated heterocycles. The monoisotopic (exact) mass is 299 g/mol. The van der Waals surface area contributed by atoms with Crippen molar-refractivity contribution in [3.8, 4) is 11.8 Å². The third-order valence-corrected chi connectivity index (χ3v) is 3.96. The summed E-state index contributed by atoms with van der Waals surface area (Å²) >= 11 is 1.55. The lowest BCUT2D eigenvalue weighted by molar-refractivity contribution is 0.0950. The molecular weight excluding hydrogens is 282 g/mol. The summed E-state index contributed by atoms with van der Waals surface area (Å²) in [6.07, 6.45) is 0. The number of hydrogen-bond donors (Lipinski definition) is 2. The number of amides is 1. The predicted molar refractivity (Wildman–Crippen MR) is 85.4 cm³/mol. The average molecular weight is 299 g/mol. The smallest absolute Gasteiger partial charge is 0.251 e. The first kappa shape index (κ1) is 15.3. The first-order chi connectivity index (χ1) is 10.1. The van der Waals surface area contributed by atoms with Crippen molar-refractivity contribution in [2.24, 2.45) is 0 Å². The number of aryl methyl sites for hydroxylation is 2. The average Bonchev–Trinajstić information content (AvgIpc) is 2.93. The Labute approximate surface area is 128 Å². The van der Waals surface area contributed by atoms with Crippen molar-refractivity contribution in [2.75, 3.05) is 6.61 Å². The summed E-state index contributed by atoms with van der Waals surface area (Å²) in [6.45, 7) is 4.25. The minimum atomic E-state index is -0.144. The van der Waals surface area contributed by atoms with Gasteiger partial charge >= 0.3 is 0 Å². The molecule has 3 nitrogen and oxygen atoms in total. The Morgan fingerprint density at radius 1 is 1.33 bits per heavy atom. The molecule has 1 amide bonds. The van der Waals surface area contributed by atoms with Gasteiger partial charge in [-0.25, -0.2) is 0 Å². The topological polar surface area (TPSA) is 49.3 Å². The van der Waals surface area contributed by atoms with E-state index in [0.717, 1.165) is 21.6 Å². The lowest BCUT2D eigenvalue weighted by atomic mass is 10.1. The summed E-state index contributed by atoms with van der Waals surface area (Å²) in [5, 5.41) is 13.5. The molecule has 1 heterocycles. The van der Waals surface area contributed by atoms with Crippen LogP contribution in [0.4, 0.5) is 0 Å². The van der Waals surface area contributed by atoms with Crippen LogP contribution in [0.25, 0.3) is 0 Å². The second kappa shape index (κ2) is 7.07. The maximum Gasteiger partial charge on any atom is 0.251 e. The van der Waals surface area contributed by atoms with E-state index in [1.807, 2.05) is 43.5 Å². The van der Waals surface area contributed by atoms with Gasteiger partial charge in [0.1, 0.15) is 6.61 Å². The van der Waals surface area contributed by atoms with E-state index >= 15 is 0 Å². The standard InChI is InChI=1S/C17H17NO2S/c1-12-5-6-13(2)16(8-12)17(20)18-10-15-9-14(11-21-15)4-3-7-19/h5-6,8-9,11,19H,7,10H2,1-2H3,(H,18,20). The Kier molecular flexibility index (Phi) is 5.15. The molecule has 2 rings (SSSR count). The molecule has 21 heavy (non-hydrogen) atoms. The Bertz CT molecular complexity index is 707. The van der Waals surface area contributed by atoms with Crippen molar-refractivity contribution < 1.29 is 9.90 Å². The van der Waals surface area contributed by atoms with Crippen LogP contribution in [0, 0.1) is 25.7 Å². The van der Waals surface area contributed by atoms with Crippen molar-refractivity contribution in [1.29, 1.82) is 0 Å². The third-order valence-electron chi connectivity index (χ3n) is 3.03. The summed E-state index contributed by atoms with van der Waals surface area (Å²) in [7, 11) is 0. The van der Waals surface area contributed by atoms with Gasteiger partial charge < -0.3 is 10.4 Å². The molecule has 0 fully saturated rings. The first-order valence-corrected chi connectivity index (χ1v) is 7.50. The highest BCUT2D eigenvalue weighted by atomic mass is 32.1. The van der Waals surface area contributed by atoms with Crippen LogP contribution < -0.4 is 5.32 Å². The zero-order valence-corrected chi connectivity index (χ0v) is 12.9. The van der Waals surface area contributed by atoms with E-state index in [2.05, 4.69) is 17.2 Å². The van der Waals surface area contributed by atoms with Crippen molar-refractivity contribution in [3.63, 3.8) is 0 Å². The van der Waals surface area contributed by atoms with Gasteiger partial charge in [0, 0.05) is 21.4 Å². The molecule has 0 spiro atoms. The van der Waals surface area contributed by atoms with E-state index in [4.69, 9.17) is 5.11 Å². The van der Waals surface area contributed by atoms with Crippen LogP contribution >= 0.6 is 11.3 Å². The Morgan fingerprint density at radius 2 is 2.14 bits per heavy atom. The molecule has 1 aromatic carbocycles. The Morgan fingerprint density at radius 3 is 2.90 bits per heavy atom. The van der Waals surface area contributed by atoms with Crippen molar-refractivity contribution in [1.82, 2.24) is 5.32 Å². The summed E-state index contributed by atoms with van der Waals surface area (Å²) in [5.74, 6) is 5.39. The lowest BCUT2D eigenvalue weighted by Crippen LogP contribution is -2.23. The molecule has 4 heteroatoms. The molecular formula is C17H17NO2S. The fourth-order valence-electron chi connectivity index (χ4n) is 1.92. The van der Waals surface area contributed by atoms with Gasteiger partial charge in [0.15, 0.2) is 0 Å². The van der Waals surface area contributed by atoms with Crippen molar-refractivity contribution in [3.05, 3.63) is 56.8 Å². The molecule has 2 aromatic rings. The zero-order chi connectivity index (χ0) is 15.2. The van der Waals surface area contributed by atoms with E-state index in [0.29, 0.717) is 12.1 Å². The second-order valence-corrected chi connectivity index (χ2v) is 5.76. The van der Waals surface area contributed by atoms with Crippen LogP contribution in [0.3, 0.4) is 0 Å². The number of benzene rings is 1. The fourth-order valence-corrected chi connectivity index (χ4v) is 2.68. The molecule has 0 saturated carbocycles. The normalized spacial score (nSPS) is 9.86. The molecule has 108 valence electrons. The van der Waals surface area contributed by atoms with Gasteiger partial charge in [0.05, 0.1) is 6.54 Å². The number of thiophene rings is 1. The van der Waals surface area contributed by atoms with E-state index in [1.165, 1.54) is 0 Å². The number of carbonyl (C=O) groups excluding carboxylic acids is 1. The number of aliphatic hydroxyl groups is 1. The Balaban J connectivity index is 2.01. The van der Waals surface area contributed by atoms with Crippen molar-refractivity contribution in [2.45, 2.75) is 20.4 Å². The summed E-state index contributed by atoms with van der Waals surface area (Å²) < 4.78 is 0. The van der Waals surface area contributed by atoms with E-state index in [1.54, 1.807) is 11.3 Å². The SMILES string of the molecule is Cc1ccc(C)c(C(=O)NCc2cc(C#CCO)cs2)c1. The quantitative estimate of drug-likeness (QED) is 0.856. The van der Waals surface area contributed by atoms with E-state index in [-0.39, 0.29) is 12.5 Å². The lowest BCUT2D eigenvalue weighted by Gasteiger charge is -2.07. The van der Waals surface area contributed by atoms with Gasteiger partial charge in [-0.1, -0.05) is 29.5 Å². The largest absolute Gasteiger partial charge is 0.384 e. The van der Waals surface area contributed by atoms with Gasteiger partial charge in [0.2, 0.25) is 0 Å². The van der Waals surface area contributed by atoms with Gasteiger partial charge in [-0.05, 0) is 31.5 Å². The maximum atomic E-state index is 12.2. The third kappa shape index (κ3) is 4.19. The fraction of sp³-hybridized carbons (Fsp3) is 0.235. The number of nitrogens with one attached hydrogen (secondary N) is 1. The minimum absolute atomic E-state index is 0.0624. The van der Waals surface area contributed by atoms with E-state index in [9.17, 15) is 4.79 Å². The number of aliphatic hydroxyl groups excluding tert-OH is 1. The Hall–Kier alpha value is -2.09. The van der Waals surface area contributed by atoms with Crippen LogP contribution in [0.2, 0.25) is 0 Å². The van der Waals surface area contributed by atoms with Crippen LogP contribution in [0.1, 0.15) is 31.9 Å². The molecule has 0 bridgehead atoms. The van der Waals surface area contributed by atoms with Gasteiger partial charge in [-0.2, -0.15) is 0 Å². The zero-order valence-electron chi connectivity index (χ0n) is 12.1. The van der Waals surface area contributed by atoms with Crippen LogP contribution in [-0.2, 0) is 6.54 Å². The number of hydrogen-bond acceptors (Lipinski definition) is 3. The van der Waals surface area contributed by atoms with Crippen LogP contribution in [0.5, 0.6) is 0 Å². The summed E-state index contributed by atoms with van der Waals surface area (Å²) in [4.78, 5) is 13.2. The van der Waals surface area contributed by atoms with Gasteiger partial charge in [-0.15, -0.1) is 11.3 Å². The van der Waals surface area contributed by atoms with Crippen molar-refractivity contribution >= 4 is 17.2 Å². The van der Waals surface area contributed by atoms with E-state index < -0.39 is 0 Å². The highest BCUT2D eigenvalue weighted by Gasteiger charge is 2.09. The summed E-state index contributed by atoms with van der Waals surface area (Å²) in [6, 6.07) is 7.78. The van der Waals surface area contributed by atoms with Gasteiger partial charge in [0.25, 0.3) is 5.91 Å². The number of carbonyl (C=O) groups is 1. The molecule has 2 N–H and O–H groups in total.